The fourth-order valence-corrected chi connectivity index (χ4v) is 1.41. The number of nitrogens with zero attached hydrogens (tertiary/aromatic N) is 2. The molecular formula is C16H37N2O4+. The third kappa shape index (κ3) is 19.8. The molecule has 0 aromatic rings. The molecule has 0 aliphatic heterocycles. The number of quaternary nitrogens is 2. The van der Waals surface area contributed by atoms with Crippen molar-refractivity contribution in [2.45, 2.75) is 0 Å². The van der Waals surface area contributed by atoms with Gasteiger partial charge in [0.05, 0.1) is 80.5 Å². The van der Waals surface area contributed by atoms with Gasteiger partial charge in [0.25, 0.3) is 0 Å². The molecule has 6 nitrogen and oxygen atoms in total. The maximum Gasteiger partial charge on any atom is 0.102 e. The summed E-state index contributed by atoms with van der Waals surface area (Å²) in [5.74, 6) is 0. The zero-order valence-corrected chi connectivity index (χ0v) is 15.3. The van der Waals surface area contributed by atoms with Gasteiger partial charge < -0.3 is 27.9 Å². The lowest BCUT2D eigenvalue weighted by Gasteiger charge is -2.32. The minimum atomic E-state index is 0.596. The van der Waals surface area contributed by atoms with E-state index in [2.05, 4.69) is 28.2 Å². The molecule has 0 bridgehead atoms. The Kier molecular flexibility index (Phi) is 12.1. The monoisotopic (exact) mass is 321 g/mol. The largest absolute Gasteiger partial charge is 0.460 e. The third-order valence-electron chi connectivity index (χ3n) is 2.86. The topological polar surface area (TPSA) is 36.9 Å². The summed E-state index contributed by atoms with van der Waals surface area (Å²) in [5.41, 5.74) is 0. The highest BCUT2D eigenvalue weighted by atomic mass is 16.6. The summed E-state index contributed by atoms with van der Waals surface area (Å²) in [6.45, 7) is 7.06. The first-order valence-corrected chi connectivity index (χ1v) is 7.99. The van der Waals surface area contributed by atoms with Crippen molar-refractivity contribution in [1.29, 1.82) is 0 Å². The van der Waals surface area contributed by atoms with Gasteiger partial charge in [-0.15, -0.1) is 7.05 Å². The molecule has 0 aliphatic carbocycles. The van der Waals surface area contributed by atoms with E-state index in [1.807, 2.05) is 14.1 Å². The zero-order chi connectivity index (χ0) is 16.9. The average molecular weight is 321 g/mol. The third-order valence-corrected chi connectivity index (χ3v) is 2.86. The molecule has 0 saturated carbocycles. The van der Waals surface area contributed by atoms with Gasteiger partial charge in [0.1, 0.15) is 6.54 Å². The first kappa shape index (κ1) is 21.8. The second-order valence-corrected chi connectivity index (χ2v) is 7.12. The van der Waals surface area contributed by atoms with Crippen molar-refractivity contribution in [3.05, 3.63) is 7.05 Å². The SMILES string of the molecule is [CH2-][N+](C)(C)CCOCCOCCOCCOCC[N+](C)(C)C. The molecule has 0 fully saturated rings. The number of ether oxygens (including phenoxy) is 4. The van der Waals surface area contributed by atoms with E-state index >= 15 is 0 Å². The molecule has 0 heterocycles. The van der Waals surface area contributed by atoms with Crippen LogP contribution in [0.25, 0.3) is 0 Å². The molecule has 22 heavy (non-hydrogen) atoms. The van der Waals surface area contributed by atoms with Gasteiger partial charge in [-0.25, -0.2) is 0 Å². The Balaban J connectivity index is 3.09. The lowest BCUT2D eigenvalue weighted by Crippen LogP contribution is -2.37. The molecule has 0 aromatic carbocycles. The Bertz CT molecular complexity index is 224. The van der Waals surface area contributed by atoms with Crippen molar-refractivity contribution in [3.8, 4) is 0 Å². The highest BCUT2D eigenvalue weighted by Crippen LogP contribution is 1.92. The molecule has 0 aromatic heterocycles. The van der Waals surface area contributed by atoms with Gasteiger partial charge in [0, 0.05) is 14.1 Å². The molecular weight excluding hydrogens is 284 g/mol. The van der Waals surface area contributed by atoms with Gasteiger partial charge in [-0.05, 0) is 0 Å². The van der Waals surface area contributed by atoms with Crippen LogP contribution in [0, 0.1) is 7.05 Å². The molecule has 6 heteroatoms. The summed E-state index contributed by atoms with van der Waals surface area (Å²) in [6.07, 6.45) is 0. The van der Waals surface area contributed by atoms with E-state index in [-0.39, 0.29) is 0 Å². The van der Waals surface area contributed by atoms with Crippen molar-refractivity contribution >= 4 is 0 Å². The maximum atomic E-state index is 5.50. The Labute approximate surface area is 137 Å². The molecule has 0 spiro atoms. The van der Waals surface area contributed by atoms with Crippen LogP contribution in [0.2, 0.25) is 0 Å². The number of rotatable bonds is 15. The van der Waals surface area contributed by atoms with Crippen LogP contribution in [0.1, 0.15) is 0 Å². The zero-order valence-electron chi connectivity index (χ0n) is 15.3. The normalized spacial score (nSPS) is 12.8. The van der Waals surface area contributed by atoms with Crippen LogP contribution in [0.4, 0.5) is 0 Å². The van der Waals surface area contributed by atoms with Crippen LogP contribution in [0.15, 0.2) is 0 Å². The van der Waals surface area contributed by atoms with Crippen molar-refractivity contribution in [2.24, 2.45) is 0 Å². The van der Waals surface area contributed by atoms with Crippen LogP contribution >= 0.6 is 0 Å². The van der Waals surface area contributed by atoms with Crippen molar-refractivity contribution in [1.82, 2.24) is 0 Å². The van der Waals surface area contributed by atoms with Gasteiger partial charge in [-0.2, -0.15) is 0 Å². The van der Waals surface area contributed by atoms with Crippen LogP contribution < -0.4 is 0 Å². The van der Waals surface area contributed by atoms with E-state index in [1.54, 1.807) is 0 Å². The Hall–Kier alpha value is -0.240. The van der Waals surface area contributed by atoms with Gasteiger partial charge in [0.15, 0.2) is 0 Å². The van der Waals surface area contributed by atoms with Crippen molar-refractivity contribution in [2.75, 3.05) is 101 Å². The molecule has 0 atom stereocenters. The molecule has 134 valence electrons. The average Bonchev–Trinajstić information content (AvgIpc) is 2.36. The summed E-state index contributed by atoms with van der Waals surface area (Å²) in [7, 11) is 14.5. The molecule has 0 unspecified atom stereocenters. The van der Waals surface area contributed by atoms with Crippen LogP contribution in [0.5, 0.6) is 0 Å². The van der Waals surface area contributed by atoms with E-state index in [9.17, 15) is 0 Å². The first-order valence-electron chi connectivity index (χ1n) is 7.99. The van der Waals surface area contributed by atoms with Gasteiger partial charge >= 0.3 is 0 Å². The van der Waals surface area contributed by atoms with Crippen LogP contribution in [-0.4, -0.2) is 110 Å². The van der Waals surface area contributed by atoms with Crippen LogP contribution in [-0.2, 0) is 18.9 Å². The summed E-state index contributed by atoms with van der Waals surface area (Å²) >= 11 is 0. The Morgan fingerprint density at radius 1 is 0.545 bits per heavy atom. The summed E-state index contributed by atoms with van der Waals surface area (Å²) in [5, 5.41) is 0. The second-order valence-electron chi connectivity index (χ2n) is 7.12. The van der Waals surface area contributed by atoms with Crippen molar-refractivity contribution in [3.63, 3.8) is 0 Å². The Morgan fingerprint density at radius 2 is 0.864 bits per heavy atom. The minimum Gasteiger partial charge on any atom is -0.460 e. The van der Waals surface area contributed by atoms with Gasteiger partial charge in [0.2, 0.25) is 0 Å². The van der Waals surface area contributed by atoms with Gasteiger partial charge in [-0.1, -0.05) is 0 Å². The molecule has 0 amide bonds. The predicted molar refractivity (Wildman–Crippen MR) is 88.5 cm³/mol. The van der Waals surface area contributed by atoms with E-state index in [0.717, 1.165) is 24.2 Å². The maximum absolute atomic E-state index is 5.50. The number of hydrogen-bond donors (Lipinski definition) is 0. The number of hydrogen-bond acceptors (Lipinski definition) is 4. The summed E-state index contributed by atoms with van der Waals surface area (Å²) in [4.78, 5) is 0. The predicted octanol–water partition coefficient (Wildman–Crippen LogP) is 0.627. The first-order chi connectivity index (χ1) is 10.2. The van der Waals surface area contributed by atoms with E-state index in [4.69, 9.17) is 18.9 Å². The van der Waals surface area contributed by atoms with E-state index in [0.29, 0.717) is 50.7 Å². The lowest BCUT2D eigenvalue weighted by atomic mass is 10.5. The highest BCUT2D eigenvalue weighted by Gasteiger charge is 2.05. The fraction of sp³-hybridized carbons (Fsp3) is 0.938. The van der Waals surface area contributed by atoms with Crippen molar-refractivity contribution < 1.29 is 27.9 Å². The Morgan fingerprint density at radius 3 is 1.18 bits per heavy atom. The molecule has 0 rings (SSSR count). The van der Waals surface area contributed by atoms with E-state index in [1.165, 1.54) is 0 Å². The number of likely N-dealkylation sites (N-methyl/N-ethyl adjacent to an activating group) is 2. The smallest absolute Gasteiger partial charge is 0.102 e. The van der Waals surface area contributed by atoms with E-state index < -0.39 is 0 Å². The van der Waals surface area contributed by atoms with Crippen LogP contribution in [0.3, 0.4) is 0 Å². The summed E-state index contributed by atoms with van der Waals surface area (Å²) in [6, 6.07) is 0. The quantitative estimate of drug-likeness (QED) is 0.252. The standard InChI is InChI=1S/C16H37N2O4/c1-17(2,3)7-9-19-11-13-21-15-16-22-14-12-20-10-8-18(4,5)6/h1,7-16H2,2-6H3/q+1. The minimum absolute atomic E-state index is 0.596. The molecule has 0 saturated heterocycles. The highest BCUT2D eigenvalue weighted by molar-refractivity contribution is 4.36. The molecule has 0 aliphatic rings. The fourth-order valence-electron chi connectivity index (χ4n) is 1.41. The second kappa shape index (κ2) is 12.2. The molecule has 0 N–H and O–H groups in total. The summed E-state index contributed by atoms with van der Waals surface area (Å²) < 4.78 is 23.4. The molecule has 0 radical (unpaired) electrons. The lowest BCUT2D eigenvalue weighted by molar-refractivity contribution is -0.870. The van der Waals surface area contributed by atoms with Gasteiger partial charge in [-0.3, -0.25) is 0 Å².